The number of aromatic nitrogens is 2. The molecule has 19 heavy (non-hydrogen) atoms. The number of likely N-dealkylation sites (N-methyl/N-ethyl adjacent to an activating group) is 1. The van der Waals surface area contributed by atoms with Gasteiger partial charge in [0.2, 0.25) is 10.0 Å². The fourth-order valence-electron chi connectivity index (χ4n) is 2.35. The maximum absolute atomic E-state index is 12.5. The molecule has 7 nitrogen and oxygen atoms in total. The number of sulfonamides is 1. The Morgan fingerprint density at radius 3 is 2.84 bits per heavy atom. The Morgan fingerprint density at radius 1 is 1.47 bits per heavy atom. The molecular weight excluding hydrogens is 266 g/mol. The van der Waals surface area contributed by atoms with E-state index in [0.29, 0.717) is 19.6 Å². The van der Waals surface area contributed by atoms with Crippen molar-refractivity contribution in [1.82, 2.24) is 19.0 Å². The lowest BCUT2D eigenvalue weighted by Gasteiger charge is -2.36. The molecule has 1 unspecified atom stereocenters. The van der Waals surface area contributed by atoms with Gasteiger partial charge < -0.3 is 10.6 Å². The summed E-state index contributed by atoms with van der Waals surface area (Å²) in [7, 11) is -1.45. The van der Waals surface area contributed by atoms with Crippen LogP contribution in [0.2, 0.25) is 0 Å². The van der Waals surface area contributed by atoms with Crippen molar-refractivity contribution in [3.8, 4) is 0 Å². The molecule has 0 amide bonds. The first-order valence-corrected chi connectivity index (χ1v) is 7.82. The second-order valence-electron chi connectivity index (χ2n) is 4.95. The maximum atomic E-state index is 12.5. The van der Waals surface area contributed by atoms with Crippen LogP contribution in [0.1, 0.15) is 6.92 Å². The molecule has 0 spiro atoms. The van der Waals surface area contributed by atoms with E-state index in [1.807, 2.05) is 14.0 Å². The van der Waals surface area contributed by atoms with E-state index in [1.165, 1.54) is 6.20 Å². The van der Waals surface area contributed by atoms with Crippen LogP contribution in [0.25, 0.3) is 0 Å². The average molecular weight is 287 g/mol. The fraction of sp³-hybridized carbons (Fsp3) is 0.727. The molecule has 0 aliphatic carbocycles. The Bertz CT molecular complexity index is 527. The molecule has 2 heterocycles. The van der Waals surface area contributed by atoms with Gasteiger partial charge in [-0.25, -0.2) is 8.42 Å². The van der Waals surface area contributed by atoms with Gasteiger partial charge in [-0.1, -0.05) is 0 Å². The van der Waals surface area contributed by atoms with Crippen LogP contribution in [-0.4, -0.2) is 66.7 Å². The molecule has 1 aromatic heterocycles. The Kier molecular flexibility index (Phi) is 4.24. The topological polar surface area (TPSA) is 84.5 Å². The van der Waals surface area contributed by atoms with Crippen LogP contribution < -0.4 is 5.73 Å². The van der Waals surface area contributed by atoms with Crippen molar-refractivity contribution in [2.24, 2.45) is 5.73 Å². The van der Waals surface area contributed by atoms with Crippen LogP contribution in [-0.2, 0) is 16.6 Å². The van der Waals surface area contributed by atoms with E-state index in [0.717, 1.165) is 13.1 Å². The summed E-state index contributed by atoms with van der Waals surface area (Å²) < 4.78 is 28.2. The second kappa shape index (κ2) is 5.58. The van der Waals surface area contributed by atoms with Gasteiger partial charge in [0.05, 0.1) is 12.7 Å². The highest BCUT2D eigenvalue weighted by molar-refractivity contribution is 7.89. The number of piperazine rings is 1. The summed E-state index contributed by atoms with van der Waals surface area (Å²) in [6.45, 7) is 4.90. The number of rotatable bonds is 4. The third-order valence-corrected chi connectivity index (χ3v) is 5.31. The zero-order valence-corrected chi connectivity index (χ0v) is 12.2. The Morgan fingerprint density at radius 2 is 2.21 bits per heavy atom. The van der Waals surface area contributed by atoms with Gasteiger partial charge in [0.15, 0.2) is 0 Å². The van der Waals surface area contributed by atoms with Crippen molar-refractivity contribution in [1.29, 1.82) is 0 Å². The minimum absolute atomic E-state index is 0.0263. The summed E-state index contributed by atoms with van der Waals surface area (Å²) in [5.74, 6) is 0. The molecule has 1 aliphatic heterocycles. The van der Waals surface area contributed by atoms with Crippen molar-refractivity contribution >= 4 is 10.0 Å². The summed E-state index contributed by atoms with van der Waals surface area (Å²) >= 11 is 0. The molecule has 0 saturated carbocycles. The van der Waals surface area contributed by atoms with Gasteiger partial charge in [-0.15, -0.1) is 0 Å². The third kappa shape index (κ3) is 2.97. The van der Waals surface area contributed by atoms with Gasteiger partial charge in [-0.05, 0) is 14.0 Å². The predicted octanol–water partition coefficient (Wildman–Crippen LogP) is -0.834. The molecule has 1 fully saturated rings. The van der Waals surface area contributed by atoms with Crippen molar-refractivity contribution in [2.45, 2.75) is 24.4 Å². The van der Waals surface area contributed by atoms with E-state index >= 15 is 0 Å². The van der Waals surface area contributed by atoms with Crippen LogP contribution in [0.3, 0.4) is 0 Å². The van der Waals surface area contributed by atoms with Gasteiger partial charge >= 0.3 is 0 Å². The smallest absolute Gasteiger partial charge is 0.246 e. The molecule has 2 rings (SSSR count). The highest BCUT2D eigenvalue weighted by Crippen LogP contribution is 2.20. The second-order valence-corrected chi connectivity index (χ2v) is 6.85. The van der Waals surface area contributed by atoms with Crippen molar-refractivity contribution in [2.75, 3.05) is 33.2 Å². The lowest BCUT2D eigenvalue weighted by atomic mass is 10.2. The molecular formula is C11H21N5O2S. The molecule has 0 radical (unpaired) electrons. The summed E-state index contributed by atoms with van der Waals surface area (Å²) in [6, 6.07) is -0.0263. The molecule has 108 valence electrons. The standard InChI is InChI=1S/C11H21N5O2S/c1-10-8-14(2)5-6-16(10)19(17,18)11-7-13-15(9-11)4-3-12/h7,9-10H,3-6,8,12H2,1-2H3. The molecule has 2 N–H and O–H groups in total. The Labute approximate surface area is 114 Å². The summed E-state index contributed by atoms with van der Waals surface area (Å²) in [5.41, 5.74) is 5.43. The van der Waals surface area contributed by atoms with Gasteiger partial charge in [0.1, 0.15) is 4.90 Å². The summed E-state index contributed by atoms with van der Waals surface area (Å²) in [4.78, 5) is 2.38. The number of hydrogen-bond donors (Lipinski definition) is 1. The van der Waals surface area contributed by atoms with E-state index in [1.54, 1.807) is 15.2 Å². The van der Waals surface area contributed by atoms with Gasteiger partial charge in [-0.2, -0.15) is 9.40 Å². The van der Waals surface area contributed by atoms with Gasteiger partial charge in [-0.3, -0.25) is 4.68 Å². The number of hydrogen-bond acceptors (Lipinski definition) is 5. The molecule has 0 aromatic carbocycles. The first-order valence-electron chi connectivity index (χ1n) is 6.38. The third-order valence-electron chi connectivity index (χ3n) is 3.34. The van der Waals surface area contributed by atoms with Crippen molar-refractivity contribution in [3.63, 3.8) is 0 Å². The van der Waals surface area contributed by atoms with E-state index in [-0.39, 0.29) is 10.9 Å². The normalized spacial score (nSPS) is 22.8. The fourth-order valence-corrected chi connectivity index (χ4v) is 3.92. The zero-order valence-electron chi connectivity index (χ0n) is 11.4. The average Bonchev–Trinajstić information content (AvgIpc) is 2.78. The molecule has 1 atom stereocenters. The lowest BCUT2D eigenvalue weighted by Crippen LogP contribution is -2.52. The van der Waals surface area contributed by atoms with Crippen LogP contribution in [0.4, 0.5) is 0 Å². The zero-order chi connectivity index (χ0) is 14.0. The molecule has 1 aromatic rings. The maximum Gasteiger partial charge on any atom is 0.246 e. The molecule has 1 saturated heterocycles. The van der Waals surface area contributed by atoms with Crippen LogP contribution in [0.5, 0.6) is 0 Å². The van der Waals surface area contributed by atoms with Crippen LogP contribution in [0, 0.1) is 0 Å². The van der Waals surface area contributed by atoms with Gasteiger partial charge in [0, 0.05) is 38.4 Å². The van der Waals surface area contributed by atoms with Crippen molar-refractivity contribution < 1.29 is 8.42 Å². The number of nitrogens with two attached hydrogens (primary N) is 1. The molecule has 0 bridgehead atoms. The van der Waals surface area contributed by atoms with Crippen LogP contribution >= 0.6 is 0 Å². The van der Waals surface area contributed by atoms with E-state index in [9.17, 15) is 8.42 Å². The summed E-state index contributed by atoms with van der Waals surface area (Å²) in [5, 5.41) is 4.03. The highest BCUT2D eigenvalue weighted by atomic mass is 32.2. The monoisotopic (exact) mass is 287 g/mol. The van der Waals surface area contributed by atoms with E-state index in [2.05, 4.69) is 10.00 Å². The predicted molar refractivity (Wildman–Crippen MR) is 72.1 cm³/mol. The summed E-state index contributed by atoms with van der Waals surface area (Å²) in [6.07, 6.45) is 2.95. The minimum Gasteiger partial charge on any atom is -0.329 e. The molecule has 1 aliphatic rings. The Balaban J connectivity index is 2.21. The van der Waals surface area contributed by atoms with Crippen LogP contribution in [0.15, 0.2) is 17.3 Å². The molecule has 8 heteroatoms. The Hall–Kier alpha value is -0.960. The number of nitrogens with zero attached hydrogens (tertiary/aromatic N) is 4. The van der Waals surface area contributed by atoms with E-state index < -0.39 is 10.0 Å². The largest absolute Gasteiger partial charge is 0.329 e. The first kappa shape index (κ1) is 14.4. The van der Waals surface area contributed by atoms with E-state index in [4.69, 9.17) is 5.73 Å². The first-order chi connectivity index (χ1) is 8.95. The highest BCUT2D eigenvalue weighted by Gasteiger charge is 2.33. The quantitative estimate of drug-likeness (QED) is 0.781. The lowest BCUT2D eigenvalue weighted by molar-refractivity contribution is 0.170. The van der Waals surface area contributed by atoms with Gasteiger partial charge in [0.25, 0.3) is 0 Å². The van der Waals surface area contributed by atoms with Crippen molar-refractivity contribution in [3.05, 3.63) is 12.4 Å². The minimum atomic E-state index is -3.45. The SMILES string of the molecule is CC1CN(C)CCN1S(=O)(=O)c1cnn(CCN)c1.